The summed E-state index contributed by atoms with van der Waals surface area (Å²) in [6, 6.07) is 0.856. The summed E-state index contributed by atoms with van der Waals surface area (Å²) < 4.78 is 0. The van der Waals surface area contributed by atoms with Crippen molar-refractivity contribution in [1.29, 1.82) is 0 Å². The summed E-state index contributed by atoms with van der Waals surface area (Å²) in [5.41, 5.74) is 2.41. The Morgan fingerprint density at radius 3 is 2.25 bits per heavy atom. The average molecular weight is 229 g/mol. The molecule has 0 spiro atoms. The lowest BCUT2D eigenvalue weighted by Gasteiger charge is -2.39. The highest BCUT2D eigenvalue weighted by Gasteiger charge is 2.26. The van der Waals surface area contributed by atoms with Crippen LogP contribution in [-0.4, -0.2) is 29.9 Å². The third-order valence-electron chi connectivity index (χ3n) is 3.51. The van der Waals surface area contributed by atoms with Gasteiger partial charge < -0.3 is 4.90 Å². The predicted octanol–water partition coefficient (Wildman–Crippen LogP) is 1.51. The van der Waals surface area contributed by atoms with E-state index in [9.17, 15) is 4.79 Å². The fourth-order valence-corrected chi connectivity index (χ4v) is 1.61. The van der Waals surface area contributed by atoms with Gasteiger partial charge in [0.15, 0.2) is 0 Å². The molecule has 0 rings (SSSR count). The Balaban J connectivity index is 4.18. The van der Waals surface area contributed by atoms with Crippen LogP contribution in [0, 0.1) is 5.41 Å². The van der Waals surface area contributed by atoms with E-state index in [0.29, 0.717) is 18.5 Å². The molecule has 0 bridgehead atoms. The molecule has 0 saturated carbocycles. The molecular weight excluding hydrogens is 202 g/mol. The number of nitrogens with one attached hydrogen (secondary N) is 1. The van der Waals surface area contributed by atoms with Gasteiger partial charge in [-0.1, -0.05) is 20.8 Å². The number of carbonyl (C=O) groups is 1. The minimum Gasteiger partial charge on any atom is -0.300 e. The molecular formula is C12H27N3O. The molecule has 3 N–H and O–H groups in total. The van der Waals surface area contributed by atoms with E-state index in [1.54, 1.807) is 0 Å². The fourth-order valence-electron chi connectivity index (χ4n) is 1.61. The van der Waals surface area contributed by atoms with Gasteiger partial charge in [-0.3, -0.25) is 10.2 Å². The van der Waals surface area contributed by atoms with Crippen molar-refractivity contribution < 1.29 is 4.79 Å². The molecule has 0 heterocycles. The van der Waals surface area contributed by atoms with E-state index in [-0.39, 0.29) is 11.3 Å². The average Bonchev–Trinajstić information content (AvgIpc) is 2.21. The highest BCUT2D eigenvalue weighted by Crippen LogP contribution is 2.25. The molecule has 1 amide bonds. The topological polar surface area (TPSA) is 58.4 Å². The normalized spacial score (nSPS) is 16.0. The van der Waals surface area contributed by atoms with Gasteiger partial charge in [-0.05, 0) is 32.7 Å². The summed E-state index contributed by atoms with van der Waals surface area (Å²) in [5, 5.41) is 0. The number of hydrogen-bond donors (Lipinski definition) is 2. The van der Waals surface area contributed by atoms with Gasteiger partial charge in [-0.25, -0.2) is 5.84 Å². The number of hydrogen-bond acceptors (Lipinski definition) is 3. The van der Waals surface area contributed by atoms with Crippen molar-refractivity contribution in [3.8, 4) is 0 Å². The van der Waals surface area contributed by atoms with Crippen LogP contribution in [0.5, 0.6) is 0 Å². The zero-order chi connectivity index (χ0) is 12.9. The first-order valence-electron chi connectivity index (χ1n) is 5.91. The van der Waals surface area contributed by atoms with Gasteiger partial charge in [0.05, 0.1) is 0 Å². The molecule has 0 aromatic heterocycles. The van der Waals surface area contributed by atoms with Crippen molar-refractivity contribution in [2.24, 2.45) is 11.3 Å². The van der Waals surface area contributed by atoms with E-state index in [2.05, 4.69) is 52.0 Å². The number of amides is 1. The van der Waals surface area contributed by atoms with Crippen LogP contribution in [0.2, 0.25) is 0 Å². The van der Waals surface area contributed by atoms with E-state index >= 15 is 0 Å². The van der Waals surface area contributed by atoms with E-state index in [1.165, 1.54) is 0 Å². The van der Waals surface area contributed by atoms with E-state index < -0.39 is 0 Å². The maximum atomic E-state index is 11.1. The van der Waals surface area contributed by atoms with Crippen LogP contribution in [0.1, 0.15) is 47.5 Å². The molecule has 0 radical (unpaired) electrons. The van der Waals surface area contributed by atoms with Gasteiger partial charge >= 0.3 is 0 Å². The Labute approximate surface area is 99.5 Å². The van der Waals surface area contributed by atoms with Gasteiger partial charge in [0.2, 0.25) is 5.91 Å². The van der Waals surface area contributed by atoms with Gasteiger partial charge in [0, 0.05) is 18.5 Å². The molecule has 0 saturated heterocycles. The molecule has 96 valence electrons. The molecule has 0 fully saturated rings. The first-order chi connectivity index (χ1) is 7.20. The zero-order valence-electron chi connectivity index (χ0n) is 11.5. The van der Waals surface area contributed by atoms with Crippen LogP contribution in [-0.2, 0) is 4.79 Å². The van der Waals surface area contributed by atoms with E-state index in [4.69, 9.17) is 5.84 Å². The van der Waals surface area contributed by atoms with Gasteiger partial charge in [0.25, 0.3) is 0 Å². The maximum absolute atomic E-state index is 11.1. The lowest BCUT2D eigenvalue weighted by atomic mass is 9.86. The van der Waals surface area contributed by atoms with Crippen molar-refractivity contribution in [2.45, 2.75) is 59.5 Å². The molecule has 0 aliphatic carbocycles. The SMILES string of the molecule is CC(CCC(=O)NN)N(C)C(C)C(C)(C)C. The standard InChI is InChI=1S/C12H27N3O/c1-9(7-8-11(16)14-13)15(6)10(2)12(3,4)5/h9-10H,7-8,13H2,1-6H3,(H,14,16). The second-order valence-corrected chi connectivity index (χ2v) is 5.66. The second-order valence-electron chi connectivity index (χ2n) is 5.66. The van der Waals surface area contributed by atoms with Crippen molar-refractivity contribution in [3.05, 3.63) is 0 Å². The zero-order valence-corrected chi connectivity index (χ0v) is 11.5. The van der Waals surface area contributed by atoms with E-state index in [0.717, 1.165) is 6.42 Å². The number of carbonyl (C=O) groups excluding carboxylic acids is 1. The highest BCUT2D eigenvalue weighted by molar-refractivity contribution is 5.75. The van der Waals surface area contributed by atoms with Crippen molar-refractivity contribution >= 4 is 5.91 Å². The van der Waals surface area contributed by atoms with Crippen molar-refractivity contribution in [1.82, 2.24) is 10.3 Å². The first kappa shape index (κ1) is 15.4. The lowest BCUT2D eigenvalue weighted by Crippen LogP contribution is -2.44. The Kier molecular flexibility index (Phi) is 5.97. The molecule has 0 aromatic rings. The summed E-state index contributed by atoms with van der Waals surface area (Å²) in [4.78, 5) is 13.4. The minimum atomic E-state index is -0.0938. The van der Waals surface area contributed by atoms with Crippen LogP contribution in [0.4, 0.5) is 0 Å². The molecule has 0 aliphatic rings. The van der Waals surface area contributed by atoms with Crippen molar-refractivity contribution in [2.75, 3.05) is 7.05 Å². The quantitative estimate of drug-likeness (QED) is 0.427. The van der Waals surface area contributed by atoms with E-state index in [1.807, 2.05) is 0 Å². The minimum absolute atomic E-state index is 0.0938. The smallest absolute Gasteiger partial charge is 0.233 e. The first-order valence-corrected chi connectivity index (χ1v) is 5.91. The number of rotatable bonds is 5. The molecule has 2 unspecified atom stereocenters. The molecule has 4 heteroatoms. The Morgan fingerprint density at radius 2 is 1.88 bits per heavy atom. The van der Waals surface area contributed by atoms with Gasteiger partial charge in [0.1, 0.15) is 0 Å². The predicted molar refractivity (Wildman–Crippen MR) is 67.7 cm³/mol. The fraction of sp³-hybridized carbons (Fsp3) is 0.917. The Hall–Kier alpha value is -0.610. The highest BCUT2D eigenvalue weighted by atomic mass is 16.2. The summed E-state index contributed by atoms with van der Waals surface area (Å²) >= 11 is 0. The number of nitrogens with zero attached hydrogens (tertiary/aromatic N) is 1. The number of hydrazine groups is 1. The van der Waals surface area contributed by atoms with Gasteiger partial charge in [-0.15, -0.1) is 0 Å². The van der Waals surface area contributed by atoms with Crippen LogP contribution < -0.4 is 11.3 Å². The lowest BCUT2D eigenvalue weighted by molar-refractivity contribution is -0.121. The summed E-state index contributed by atoms with van der Waals surface area (Å²) in [5.74, 6) is 4.96. The van der Waals surface area contributed by atoms with Crippen LogP contribution in [0.3, 0.4) is 0 Å². The van der Waals surface area contributed by atoms with Gasteiger partial charge in [-0.2, -0.15) is 0 Å². The molecule has 0 aliphatic heterocycles. The van der Waals surface area contributed by atoms with Crippen LogP contribution >= 0.6 is 0 Å². The maximum Gasteiger partial charge on any atom is 0.233 e. The van der Waals surface area contributed by atoms with Crippen LogP contribution in [0.25, 0.3) is 0 Å². The molecule has 0 aromatic carbocycles. The summed E-state index contributed by atoms with van der Waals surface area (Å²) in [6.07, 6.45) is 1.32. The Morgan fingerprint density at radius 1 is 1.38 bits per heavy atom. The number of nitrogens with two attached hydrogens (primary N) is 1. The Bertz CT molecular complexity index is 223. The second kappa shape index (κ2) is 6.21. The largest absolute Gasteiger partial charge is 0.300 e. The third-order valence-corrected chi connectivity index (χ3v) is 3.51. The summed E-state index contributed by atoms with van der Waals surface area (Å²) in [7, 11) is 2.11. The third kappa shape index (κ3) is 4.94. The monoisotopic (exact) mass is 229 g/mol. The molecule has 2 atom stereocenters. The molecule has 16 heavy (non-hydrogen) atoms. The van der Waals surface area contributed by atoms with Crippen LogP contribution in [0.15, 0.2) is 0 Å². The summed E-state index contributed by atoms with van der Waals surface area (Å²) in [6.45, 7) is 11.1. The van der Waals surface area contributed by atoms with Crippen molar-refractivity contribution in [3.63, 3.8) is 0 Å². The molecule has 4 nitrogen and oxygen atoms in total.